The summed E-state index contributed by atoms with van der Waals surface area (Å²) in [5.74, 6) is 0.760. The highest BCUT2D eigenvalue weighted by atomic mass is 19.1. The first kappa shape index (κ1) is 23.1. The van der Waals surface area contributed by atoms with Crippen molar-refractivity contribution in [1.82, 2.24) is 4.90 Å². The van der Waals surface area contributed by atoms with E-state index in [-0.39, 0.29) is 17.6 Å². The minimum Gasteiger partial charge on any atom is -0.496 e. The molecular weight excluding hydrogens is 383 g/mol. The van der Waals surface area contributed by atoms with Crippen molar-refractivity contribution in [3.63, 3.8) is 0 Å². The fourth-order valence-electron chi connectivity index (χ4n) is 3.15. The van der Waals surface area contributed by atoms with Crippen LogP contribution < -0.4 is 4.74 Å². The second kappa shape index (κ2) is 11.1. The summed E-state index contributed by atoms with van der Waals surface area (Å²) in [7, 11) is 4.93. The maximum Gasteiger partial charge on any atom is 0.253 e. The van der Waals surface area contributed by atoms with E-state index in [0.717, 1.165) is 12.0 Å². The van der Waals surface area contributed by atoms with Crippen molar-refractivity contribution < 1.29 is 18.7 Å². The van der Waals surface area contributed by atoms with Crippen molar-refractivity contribution in [2.24, 2.45) is 10.9 Å². The molecule has 2 rings (SSSR count). The summed E-state index contributed by atoms with van der Waals surface area (Å²) in [6.45, 7) is 6.63. The lowest BCUT2D eigenvalue weighted by Crippen LogP contribution is -2.30. The number of aliphatic imine (C=N–C) groups is 1. The molecule has 5 nitrogen and oxygen atoms in total. The summed E-state index contributed by atoms with van der Waals surface area (Å²) >= 11 is 0. The van der Waals surface area contributed by atoms with E-state index >= 15 is 0 Å². The number of halogens is 1. The maximum atomic E-state index is 13.1. The molecule has 1 atom stereocenters. The van der Waals surface area contributed by atoms with E-state index in [1.165, 1.54) is 24.3 Å². The number of carbonyl (C=O) groups is 1. The van der Waals surface area contributed by atoms with Crippen LogP contribution in [-0.2, 0) is 4.74 Å². The number of ether oxygens (including phenoxy) is 2. The van der Waals surface area contributed by atoms with Gasteiger partial charge >= 0.3 is 0 Å². The Balaban J connectivity index is 2.08. The molecule has 0 aliphatic carbocycles. The van der Waals surface area contributed by atoms with E-state index in [9.17, 15) is 9.18 Å². The van der Waals surface area contributed by atoms with Crippen LogP contribution in [0.2, 0.25) is 0 Å². The smallest absolute Gasteiger partial charge is 0.253 e. The predicted molar refractivity (Wildman–Crippen MR) is 118 cm³/mol. The van der Waals surface area contributed by atoms with Crippen LogP contribution in [0.15, 0.2) is 60.1 Å². The van der Waals surface area contributed by atoms with E-state index in [4.69, 9.17) is 9.47 Å². The van der Waals surface area contributed by atoms with Crippen LogP contribution in [0, 0.1) is 11.7 Å². The number of hydrogen-bond acceptors (Lipinski definition) is 4. The van der Waals surface area contributed by atoms with Gasteiger partial charge in [0.1, 0.15) is 11.6 Å². The summed E-state index contributed by atoms with van der Waals surface area (Å²) in [6.07, 6.45) is 1.47. The second-order valence-corrected chi connectivity index (χ2v) is 6.93. The van der Waals surface area contributed by atoms with Gasteiger partial charge in [-0.2, -0.15) is 0 Å². The number of hydrogen-bond donors (Lipinski definition) is 0. The molecular formula is C24H29FN2O3. The van der Waals surface area contributed by atoms with E-state index in [0.29, 0.717) is 35.9 Å². The van der Waals surface area contributed by atoms with Gasteiger partial charge in [0.25, 0.3) is 5.91 Å². The zero-order valence-corrected chi connectivity index (χ0v) is 18.0. The van der Waals surface area contributed by atoms with Gasteiger partial charge < -0.3 is 14.4 Å². The van der Waals surface area contributed by atoms with Gasteiger partial charge in [-0.15, -0.1) is 0 Å². The van der Waals surface area contributed by atoms with Gasteiger partial charge in [-0.3, -0.25) is 4.79 Å². The Kier molecular flexibility index (Phi) is 8.59. The molecule has 0 bridgehead atoms. The normalized spacial score (nSPS) is 12.2. The van der Waals surface area contributed by atoms with Crippen LogP contribution in [0.25, 0.3) is 5.70 Å². The number of methoxy groups -OCH3 is 2. The van der Waals surface area contributed by atoms with Crippen LogP contribution >= 0.6 is 0 Å². The van der Waals surface area contributed by atoms with Crippen molar-refractivity contribution in [3.05, 3.63) is 72.1 Å². The van der Waals surface area contributed by atoms with Gasteiger partial charge in [0.2, 0.25) is 0 Å². The van der Waals surface area contributed by atoms with E-state index in [1.807, 2.05) is 31.2 Å². The molecule has 160 valence electrons. The van der Waals surface area contributed by atoms with Crippen molar-refractivity contribution in [1.29, 1.82) is 0 Å². The molecule has 0 N–H and O–H groups in total. The molecule has 0 aliphatic rings. The van der Waals surface area contributed by atoms with Gasteiger partial charge in [0.15, 0.2) is 5.90 Å². The minimum atomic E-state index is -0.364. The molecule has 0 saturated heterocycles. The Morgan fingerprint density at radius 1 is 1.17 bits per heavy atom. The molecule has 0 aliphatic heterocycles. The summed E-state index contributed by atoms with van der Waals surface area (Å²) < 4.78 is 24.0. The second-order valence-electron chi connectivity index (χ2n) is 6.93. The Hall–Kier alpha value is -3.15. The molecule has 1 amide bonds. The third-order valence-corrected chi connectivity index (χ3v) is 4.97. The zero-order chi connectivity index (χ0) is 22.1. The molecule has 30 heavy (non-hydrogen) atoms. The summed E-state index contributed by atoms with van der Waals surface area (Å²) in [5.41, 5.74) is 1.81. The molecule has 6 heteroatoms. The van der Waals surface area contributed by atoms with E-state index in [2.05, 4.69) is 11.6 Å². The first-order valence-corrected chi connectivity index (χ1v) is 9.87. The van der Waals surface area contributed by atoms with E-state index in [1.54, 1.807) is 26.2 Å². The lowest BCUT2D eigenvalue weighted by atomic mass is 10.0. The third-order valence-electron chi connectivity index (χ3n) is 4.97. The van der Waals surface area contributed by atoms with E-state index < -0.39 is 0 Å². The fourth-order valence-corrected chi connectivity index (χ4v) is 3.15. The number of amides is 1. The topological polar surface area (TPSA) is 51.1 Å². The molecule has 0 heterocycles. The van der Waals surface area contributed by atoms with Crippen LogP contribution in [0.1, 0.15) is 35.7 Å². The Bertz CT molecular complexity index is 894. The minimum absolute atomic E-state index is 0.0184. The van der Waals surface area contributed by atoms with Crippen molar-refractivity contribution >= 4 is 17.5 Å². The number of nitrogens with zero attached hydrogens (tertiary/aromatic N) is 2. The van der Waals surface area contributed by atoms with Crippen LogP contribution in [0.3, 0.4) is 0 Å². The van der Waals surface area contributed by atoms with Gasteiger partial charge in [0, 0.05) is 30.6 Å². The van der Waals surface area contributed by atoms with Crippen LogP contribution in [0.5, 0.6) is 5.75 Å². The zero-order valence-electron chi connectivity index (χ0n) is 18.0. The Morgan fingerprint density at radius 3 is 2.43 bits per heavy atom. The molecule has 0 spiro atoms. The first-order valence-electron chi connectivity index (χ1n) is 9.87. The lowest BCUT2D eigenvalue weighted by Gasteiger charge is -2.22. The number of para-hydroxylation sites is 1. The third kappa shape index (κ3) is 5.92. The van der Waals surface area contributed by atoms with Crippen molar-refractivity contribution in [2.45, 2.75) is 19.8 Å². The molecule has 0 saturated carbocycles. The SMILES string of the molecule is C=C(N=C(OC)[C@@H](CC)CCN(C)C(=O)c1ccc(F)cc1)c1ccccc1OC. The number of benzene rings is 2. The van der Waals surface area contributed by atoms with Crippen molar-refractivity contribution in [2.75, 3.05) is 27.8 Å². The van der Waals surface area contributed by atoms with Gasteiger partial charge in [-0.1, -0.05) is 25.6 Å². The number of rotatable bonds is 9. The molecule has 2 aromatic rings. The average molecular weight is 413 g/mol. The first-order chi connectivity index (χ1) is 14.4. The monoisotopic (exact) mass is 412 g/mol. The highest BCUT2D eigenvalue weighted by Gasteiger charge is 2.19. The lowest BCUT2D eigenvalue weighted by molar-refractivity contribution is 0.0789. The molecule has 0 unspecified atom stereocenters. The summed E-state index contributed by atoms with van der Waals surface area (Å²) in [5, 5.41) is 0. The largest absolute Gasteiger partial charge is 0.496 e. The highest BCUT2D eigenvalue weighted by Crippen LogP contribution is 2.26. The average Bonchev–Trinajstić information content (AvgIpc) is 2.78. The fraction of sp³-hybridized carbons (Fsp3) is 0.333. The highest BCUT2D eigenvalue weighted by molar-refractivity contribution is 5.94. The Labute approximate surface area is 177 Å². The standard InChI is InChI=1S/C24H29FN2O3/c1-6-18(15-16-27(3)24(28)19-11-13-20(25)14-12-19)23(30-5)26-17(2)21-9-7-8-10-22(21)29-4/h7-14,18H,2,6,15-16H2,1,3-5H3/t18-/m0/s1. The number of carbonyl (C=O) groups excluding carboxylic acids is 1. The van der Waals surface area contributed by atoms with Crippen molar-refractivity contribution in [3.8, 4) is 5.75 Å². The Morgan fingerprint density at radius 2 is 1.83 bits per heavy atom. The molecule has 0 fully saturated rings. The van der Waals surface area contributed by atoms with Gasteiger partial charge in [-0.25, -0.2) is 9.38 Å². The van der Waals surface area contributed by atoms with Gasteiger partial charge in [-0.05, 0) is 49.2 Å². The molecule has 2 aromatic carbocycles. The molecule has 0 aromatic heterocycles. The molecule has 0 radical (unpaired) electrons. The summed E-state index contributed by atoms with van der Waals surface area (Å²) in [6, 6.07) is 13.1. The van der Waals surface area contributed by atoms with Gasteiger partial charge in [0.05, 0.1) is 19.9 Å². The van der Waals surface area contributed by atoms with Crippen LogP contribution in [-0.4, -0.2) is 44.5 Å². The quantitative estimate of drug-likeness (QED) is 0.428. The summed E-state index contributed by atoms with van der Waals surface area (Å²) in [4.78, 5) is 18.8. The van der Waals surface area contributed by atoms with Crippen LogP contribution in [0.4, 0.5) is 4.39 Å². The maximum absolute atomic E-state index is 13.1. The predicted octanol–water partition coefficient (Wildman–Crippen LogP) is 5.04.